The molecule has 0 bridgehead atoms. The number of aromatic amines is 1. The van der Waals surface area contributed by atoms with Crippen LogP contribution < -0.4 is 5.32 Å². The number of amides is 2. The number of rotatable bonds is 8. The molecule has 2 N–H and O–H groups in total. The second kappa shape index (κ2) is 11.4. The van der Waals surface area contributed by atoms with Crippen molar-refractivity contribution in [2.24, 2.45) is 0 Å². The van der Waals surface area contributed by atoms with Crippen molar-refractivity contribution in [1.29, 1.82) is 0 Å². The van der Waals surface area contributed by atoms with Gasteiger partial charge >= 0.3 is 0 Å². The van der Waals surface area contributed by atoms with Gasteiger partial charge in [-0.1, -0.05) is 61.7 Å². The Labute approximate surface area is 215 Å². The molecule has 5 rings (SSSR count). The third kappa shape index (κ3) is 5.71. The number of hydrogen-bond acceptors (Lipinski definition) is 3. The largest absolute Gasteiger partial charge is 0.361 e. The molecule has 37 heavy (non-hydrogen) atoms. The van der Waals surface area contributed by atoms with E-state index in [4.69, 9.17) is 0 Å². The Morgan fingerprint density at radius 2 is 1.81 bits per heavy atom. The van der Waals surface area contributed by atoms with Gasteiger partial charge in [-0.2, -0.15) is 0 Å². The van der Waals surface area contributed by atoms with Gasteiger partial charge in [0.15, 0.2) is 0 Å². The first-order chi connectivity index (χ1) is 18.1. The molecule has 1 atom stereocenters. The summed E-state index contributed by atoms with van der Waals surface area (Å²) >= 11 is 0. The van der Waals surface area contributed by atoms with Crippen molar-refractivity contribution < 1.29 is 14.0 Å². The SMILES string of the molecule is O=C(NC1CCCCC1)C(c1ccccc1F)N(Cc1cccnc1)C(=O)Cc1c[nH]c2ccccc12. The number of pyridine rings is 1. The van der Waals surface area contributed by atoms with Crippen LogP contribution in [0.5, 0.6) is 0 Å². The minimum absolute atomic E-state index is 0.0273. The quantitative estimate of drug-likeness (QED) is 0.338. The van der Waals surface area contributed by atoms with E-state index in [0.717, 1.165) is 54.1 Å². The van der Waals surface area contributed by atoms with Crippen LogP contribution in [0.4, 0.5) is 4.39 Å². The summed E-state index contributed by atoms with van der Waals surface area (Å²) in [6.07, 6.45) is 10.3. The summed E-state index contributed by atoms with van der Waals surface area (Å²) in [5, 5.41) is 4.08. The predicted octanol–water partition coefficient (Wildman–Crippen LogP) is 5.46. The molecule has 7 heteroatoms. The van der Waals surface area contributed by atoms with E-state index in [2.05, 4.69) is 15.3 Å². The van der Waals surface area contributed by atoms with Crippen LogP contribution in [0.2, 0.25) is 0 Å². The number of aromatic nitrogens is 2. The lowest BCUT2D eigenvalue weighted by atomic mass is 9.94. The lowest BCUT2D eigenvalue weighted by Gasteiger charge is -2.33. The highest BCUT2D eigenvalue weighted by molar-refractivity contribution is 5.92. The molecule has 4 aromatic rings. The van der Waals surface area contributed by atoms with E-state index in [1.807, 2.05) is 36.5 Å². The number of para-hydroxylation sites is 1. The van der Waals surface area contributed by atoms with Crippen molar-refractivity contribution >= 4 is 22.7 Å². The minimum Gasteiger partial charge on any atom is -0.361 e. The first kappa shape index (κ1) is 24.7. The molecule has 2 aromatic heterocycles. The number of H-pyrrole nitrogens is 1. The fourth-order valence-corrected chi connectivity index (χ4v) is 5.23. The molecular formula is C30H31FN4O2. The number of nitrogens with one attached hydrogen (secondary N) is 2. The number of nitrogens with zero attached hydrogens (tertiary/aromatic N) is 2. The molecule has 6 nitrogen and oxygen atoms in total. The van der Waals surface area contributed by atoms with Gasteiger partial charge in [0.05, 0.1) is 6.42 Å². The van der Waals surface area contributed by atoms with E-state index in [1.165, 1.54) is 11.0 Å². The number of fused-ring (bicyclic) bond motifs is 1. The fraction of sp³-hybridized carbons (Fsp3) is 0.300. The lowest BCUT2D eigenvalue weighted by Crippen LogP contribution is -2.47. The highest BCUT2D eigenvalue weighted by atomic mass is 19.1. The van der Waals surface area contributed by atoms with Crippen LogP contribution in [0, 0.1) is 5.82 Å². The maximum atomic E-state index is 15.2. The molecular weight excluding hydrogens is 467 g/mol. The fourth-order valence-electron chi connectivity index (χ4n) is 5.23. The zero-order valence-corrected chi connectivity index (χ0v) is 20.7. The Morgan fingerprint density at radius 3 is 2.59 bits per heavy atom. The van der Waals surface area contributed by atoms with Gasteiger partial charge < -0.3 is 15.2 Å². The summed E-state index contributed by atoms with van der Waals surface area (Å²) in [5.41, 5.74) is 2.72. The van der Waals surface area contributed by atoms with Crippen LogP contribution in [0.1, 0.15) is 54.8 Å². The monoisotopic (exact) mass is 498 g/mol. The Morgan fingerprint density at radius 1 is 1.03 bits per heavy atom. The average Bonchev–Trinajstić information content (AvgIpc) is 3.33. The maximum Gasteiger partial charge on any atom is 0.247 e. The average molecular weight is 499 g/mol. The van der Waals surface area contributed by atoms with Gasteiger partial charge in [-0.25, -0.2) is 4.39 Å². The molecule has 1 unspecified atom stereocenters. The van der Waals surface area contributed by atoms with E-state index in [1.54, 1.807) is 36.7 Å². The first-order valence-corrected chi connectivity index (χ1v) is 12.9. The van der Waals surface area contributed by atoms with Crippen LogP contribution >= 0.6 is 0 Å². The Balaban J connectivity index is 1.52. The second-order valence-electron chi connectivity index (χ2n) is 9.69. The van der Waals surface area contributed by atoms with Gasteiger partial charge in [-0.3, -0.25) is 14.6 Å². The van der Waals surface area contributed by atoms with Crippen LogP contribution in [-0.2, 0) is 22.6 Å². The van der Waals surface area contributed by atoms with E-state index in [9.17, 15) is 9.59 Å². The number of benzene rings is 2. The van der Waals surface area contributed by atoms with E-state index >= 15 is 4.39 Å². The van der Waals surface area contributed by atoms with Gasteiger partial charge in [-0.05, 0) is 42.2 Å². The Kier molecular flexibility index (Phi) is 7.59. The molecule has 190 valence electrons. The second-order valence-corrected chi connectivity index (χ2v) is 9.69. The molecule has 0 radical (unpaired) electrons. The molecule has 1 aliphatic rings. The van der Waals surface area contributed by atoms with Gasteiger partial charge in [0, 0.05) is 47.6 Å². The molecule has 2 aromatic carbocycles. The molecule has 0 aliphatic heterocycles. The van der Waals surface area contributed by atoms with Gasteiger partial charge in [-0.15, -0.1) is 0 Å². The highest BCUT2D eigenvalue weighted by Crippen LogP contribution is 2.29. The topological polar surface area (TPSA) is 78.1 Å². The third-order valence-electron chi connectivity index (χ3n) is 7.12. The van der Waals surface area contributed by atoms with E-state index in [-0.39, 0.29) is 36.4 Å². The summed E-state index contributed by atoms with van der Waals surface area (Å²) in [6.45, 7) is 0.131. The zero-order chi connectivity index (χ0) is 25.6. The van der Waals surface area contributed by atoms with Crippen LogP contribution in [0.25, 0.3) is 10.9 Å². The number of carbonyl (C=O) groups is 2. The van der Waals surface area contributed by atoms with Crippen molar-refractivity contribution in [2.45, 2.75) is 57.2 Å². The highest BCUT2D eigenvalue weighted by Gasteiger charge is 2.35. The lowest BCUT2D eigenvalue weighted by molar-refractivity contribution is -0.141. The Hall–Kier alpha value is -4.00. The van der Waals surface area contributed by atoms with Crippen molar-refractivity contribution in [1.82, 2.24) is 20.2 Å². The molecule has 0 spiro atoms. The summed E-state index contributed by atoms with van der Waals surface area (Å²) in [6, 6.07) is 16.6. The number of carbonyl (C=O) groups excluding carboxylic acids is 2. The molecule has 1 aliphatic carbocycles. The van der Waals surface area contributed by atoms with Crippen LogP contribution in [-0.4, -0.2) is 32.7 Å². The van der Waals surface area contributed by atoms with Gasteiger partial charge in [0.1, 0.15) is 11.9 Å². The predicted molar refractivity (Wildman–Crippen MR) is 141 cm³/mol. The number of hydrogen-bond donors (Lipinski definition) is 2. The smallest absolute Gasteiger partial charge is 0.247 e. The summed E-state index contributed by atoms with van der Waals surface area (Å²) in [7, 11) is 0. The maximum absolute atomic E-state index is 15.2. The molecule has 1 saturated carbocycles. The van der Waals surface area contributed by atoms with Crippen LogP contribution in [0.3, 0.4) is 0 Å². The molecule has 0 saturated heterocycles. The van der Waals surface area contributed by atoms with E-state index < -0.39 is 11.9 Å². The van der Waals surface area contributed by atoms with Crippen molar-refractivity contribution in [3.8, 4) is 0 Å². The number of halogens is 1. The van der Waals surface area contributed by atoms with E-state index in [0.29, 0.717) is 0 Å². The van der Waals surface area contributed by atoms with Crippen molar-refractivity contribution in [2.75, 3.05) is 0 Å². The normalized spacial score (nSPS) is 14.8. The summed E-state index contributed by atoms with van der Waals surface area (Å²) < 4.78 is 15.2. The van der Waals surface area contributed by atoms with Gasteiger partial charge in [0.2, 0.25) is 11.8 Å². The summed E-state index contributed by atoms with van der Waals surface area (Å²) in [5.74, 6) is -1.13. The molecule has 2 amide bonds. The Bertz CT molecular complexity index is 1360. The molecule has 1 fully saturated rings. The van der Waals surface area contributed by atoms with Gasteiger partial charge in [0.25, 0.3) is 0 Å². The summed E-state index contributed by atoms with van der Waals surface area (Å²) in [4.78, 5) is 36.7. The zero-order valence-electron chi connectivity index (χ0n) is 20.7. The standard InChI is InChI=1S/C30H31FN4O2/c31-26-14-6-4-13-25(26)29(30(37)34-23-10-2-1-3-11-23)35(20-21-9-8-16-32-18-21)28(36)17-22-19-33-27-15-7-5-12-24(22)27/h4-9,12-16,18-19,23,29,33H,1-3,10-11,17,20H2,(H,34,37). The first-order valence-electron chi connectivity index (χ1n) is 12.9. The van der Waals surface area contributed by atoms with Crippen molar-refractivity contribution in [3.63, 3.8) is 0 Å². The van der Waals surface area contributed by atoms with Crippen molar-refractivity contribution in [3.05, 3.63) is 102 Å². The third-order valence-corrected chi connectivity index (χ3v) is 7.12. The minimum atomic E-state index is -1.11. The molecule has 2 heterocycles. The van der Waals surface area contributed by atoms with Crippen LogP contribution in [0.15, 0.2) is 79.3 Å².